The van der Waals surface area contributed by atoms with Gasteiger partial charge in [0.1, 0.15) is 17.4 Å². The Hall–Kier alpha value is -4.71. The predicted molar refractivity (Wildman–Crippen MR) is 133 cm³/mol. The van der Waals surface area contributed by atoms with Crippen molar-refractivity contribution >= 4 is 22.6 Å². The van der Waals surface area contributed by atoms with Gasteiger partial charge in [-0.15, -0.1) is 0 Å². The number of rotatable bonds is 9. The molecule has 0 bridgehead atoms. The highest BCUT2D eigenvalue weighted by Gasteiger charge is 2.54. The van der Waals surface area contributed by atoms with Crippen LogP contribution in [0.25, 0.3) is 11.0 Å². The number of carbonyl (C=O) groups excluding carboxylic acids is 2. The van der Waals surface area contributed by atoms with E-state index in [0.29, 0.717) is 29.5 Å². The van der Waals surface area contributed by atoms with Crippen LogP contribution in [0.3, 0.4) is 0 Å². The highest BCUT2D eigenvalue weighted by Crippen LogP contribution is 2.49. The number of pyridine rings is 2. The van der Waals surface area contributed by atoms with Gasteiger partial charge in [-0.1, -0.05) is 18.2 Å². The molecule has 9 heteroatoms. The summed E-state index contributed by atoms with van der Waals surface area (Å²) in [4.78, 5) is 34.4. The topological polar surface area (TPSA) is 102 Å². The summed E-state index contributed by atoms with van der Waals surface area (Å²) in [7, 11) is 1.41. The second-order valence-electron chi connectivity index (χ2n) is 9.10. The lowest BCUT2D eigenvalue weighted by Crippen LogP contribution is -2.28. The molecule has 0 spiro atoms. The normalized spacial score (nSPS) is 13.5. The third-order valence-electron chi connectivity index (χ3n) is 6.64. The molecule has 4 aromatic rings. The minimum Gasteiger partial charge on any atom is -0.494 e. The molecular weight excluding hydrogens is 492 g/mol. The van der Waals surface area contributed by atoms with E-state index in [1.54, 1.807) is 12.1 Å². The zero-order valence-electron chi connectivity index (χ0n) is 20.3. The molecule has 0 aliphatic heterocycles. The van der Waals surface area contributed by atoms with Crippen LogP contribution in [0, 0.1) is 28.4 Å². The minimum absolute atomic E-state index is 0.0372. The maximum atomic E-state index is 15.0. The Bertz CT molecular complexity index is 1610. The SMILES string of the molecule is COc1cc2nccc(Oc3ccc(CC(=O)C4(C(=O)Cc5ccc(F)cc5)CC4)cc3F)c2nc1C#N. The summed E-state index contributed by atoms with van der Waals surface area (Å²) >= 11 is 0. The summed E-state index contributed by atoms with van der Waals surface area (Å²) in [6, 6.07) is 14.8. The number of hydrogen-bond donors (Lipinski definition) is 0. The predicted octanol–water partition coefficient (Wildman–Crippen LogP) is 5.28. The molecule has 2 heterocycles. The summed E-state index contributed by atoms with van der Waals surface area (Å²) in [5.41, 5.74) is 0.688. The highest BCUT2D eigenvalue weighted by molar-refractivity contribution is 6.10. The van der Waals surface area contributed by atoms with E-state index >= 15 is 0 Å². The summed E-state index contributed by atoms with van der Waals surface area (Å²) in [5.74, 6) is -1.21. The summed E-state index contributed by atoms with van der Waals surface area (Å²) in [6.45, 7) is 0. The second kappa shape index (κ2) is 9.98. The van der Waals surface area contributed by atoms with Crippen LogP contribution >= 0.6 is 0 Å². The Labute approximate surface area is 216 Å². The van der Waals surface area contributed by atoms with Crippen LogP contribution in [0.1, 0.15) is 29.7 Å². The number of carbonyl (C=O) groups is 2. The van der Waals surface area contributed by atoms with Gasteiger partial charge in [-0.2, -0.15) is 5.26 Å². The highest BCUT2D eigenvalue weighted by atomic mass is 19.1. The number of hydrogen-bond acceptors (Lipinski definition) is 7. The molecule has 5 rings (SSSR count). The molecule has 0 atom stereocenters. The van der Waals surface area contributed by atoms with E-state index in [9.17, 15) is 23.6 Å². The van der Waals surface area contributed by atoms with Crippen LogP contribution in [0.15, 0.2) is 60.8 Å². The first-order chi connectivity index (χ1) is 18.3. The van der Waals surface area contributed by atoms with Gasteiger partial charge in [0.2, 0.25) is 0 Å². The maximum Gasteiger partial charge on any atom is 0.183 e. The fourth-order valence-electron chi connectivity index (χ4n) is 4.35. The summed E-state index contributed by atoms with van der Waals surface area (Å²) < 4.78 is 39.1. The number of fused-ring (bicyclic) bond motifs is 1. The van der Waals surface area contributed by atoms with Crippen molar-refractivity contribution in [3.8, 4) is 23.3 Å². The molecule has 2 aromatic carbocycles. The number of halogens is 2. The van der Waals surface area contributed by atoms with E-state index in [1.807, 2.05) is 6.07 Å². The van der Waals surface area contributed by atoms with E-state index in [-0.39, 0.29) is 52.9 Å². The van der Waals surface area contributed by atoms with E-state index in [0.717, 1.165) is 0 Å². The van der Waals surface area contributed by atoms with Crippen LogP contribution in [0.2, 0.25) is 0 Å². The van der Waals surface area contributed by atoms with Gasteiger partial charge in [0, 0.05) is 31.2 Å². The zero-order chi connectivity index (χ0) is 26.9. The molecule has 7 nitrogen and oxygen atoms in total. The van der Waals surface area contributed by atoms with Crippen LogP contribution in [-0.4, -0.2) is 28.6 Å². The van der Waals surface area contributed by atoms with Gasteiger partial charge in [0.15, 0.2) is 40.3 Å². The van der Waals surface area contributed by atoms with Crippen molar-refractivity contribution in [3.05, 3.63) is 89.2 Å². The molecule has 0 amide bonds. The zero-order valence-corrected chi connectivity index (χ0v) is 20.3. The van der Waals surface area contributed by atoms with Gasteiger partial charge in [0.25, 0.3) is 0 Å². The number of methoxy groups -OCH3 is 1. The monoisotopic (exact) mass is 513 g/mol. The van der Waals surface area contributed by atoms with Gasteiger partial charge in [-0.25, -0.2) is 13.8 Å². The van der Waals surface area contributed by atoms with Gasteiger partial charge in [0.05, 0.1) is 18.0 Å². The minimum atomic E-state index is -1.07. The molecule has 0 unspecified atom stereocenters. The lowest BCUT2D eigenvalue weighted by atomic mass is 9.88. The van der Waals surface area contributed by atoms with Gasteiger partial charge in [-0.3, -0.25) is 14.6 Å². The van der Waals surface area contributed by atoms with Crippen LogP contribution in [0.5, 0.6) is 17.2 Å². The van der Waals surface area contributed by atoms with Crippen molar-refractivity contribution in [2.24, 2.45) is 5.41 Å². The van der Waals surface area contributed by atoms with E-state index < -0.39 is 17.0 Å². The number of aromatic nitrogens is 2. The number of ether oxygens (including phenoxy) is 2. The third-order valence-corrected chi connectivity index (χ3v) is 6.64. The van der Waals surface area contributed by atoms with Crippen molar-refractivity contribution in [3.63, 3.8) is 0 Å². The Morgan fingerprint density at radius 2 is 1.63 bits per heavy atom. The molecular formula is C29H21F2N3O4. The molecule has 1 aliphatic rings. The molecule has 38 heavy (non-hydrogen) atoms. The number of Topliss-reactive ketones (excluding diaryl/α,β-unsaturated/α-hetero) is 2. The first-order valence-corrected chi connectivity index (χ1v) is 11.8. The number of ketones is 2. The van der Waals surface area contributed by atoms with E-state index in [4.69, 9.17) is 9.47 Å². The molecule has 0 N–H and O–H groups in total. The molecule has 1 fully saturated rings. The van der Waals surface area contributed by atoms with Crippen molar-refractivity contribution in [2.75, 3.05) is 7.11 Å². The molecule has 1 saturated carbocycles. The lowest BCUT2D eigenvalue weighted by Gasteiger charge is -2.14. The second-order valence-corrected chi connectivity index (χ2v) is 9.10. The quantitative estimate of drug-likeness (QED) is 0.281. The Kier molecular flexibility index (Phi) is 6.55. The molecule has 0 saturated heterocycles. The van der Waals surface area contributed by atoms with Gasteiger partial charge >= 0.3 is 0 Å². The van der Waals surface area contributed by atoms with Crippen LogP contribution < -0.4 is 9.47 Å². The first-order valence-electron chi connectivity index (χ1n) is 11.8. The largest absolute Gasteiger partial charge is 0.494 e. The average Bonchev–Trinajstić information content (AvgIpc) is 3.73. The van der Waals surface area contributed by atoms with Crippen molar-refractivity contribution in [1.82, 2.24) is 9.97 Å². The van der Waals surface area contributed by atoms with E-state index in [1.165, 1.54) is 55.8 Å². The summed E-state index contributed by atoms with van der Waals surface area (Å²) in [6.07, 6.45) is 2.31. The fraction of sp³-hybridized carbons (Fsp3) is 0.207. The van der Waals surface area contributed by atoms with Crippen LogP contribution in [0.4, 0.5) is 8.78 Å². The van der Waals surface area contributed by atoms with Gasteiger partial charge in [-0.05, 0) is 48.2 Å². The first kappa shape index (κ1) is 25.0. The van der Waals surface area contributed by atoms with Crippen LogP contribution in [-0.2, 0) is 22.4 Å². The van der Waals surface area contributed by atoms with Crippen molar-refractivity contribution < 1.29 is 27.8 Å². The molecule has 1 aliphatic carbocycles. The Morgan fingerprint density at radius 3 is 2.26 bits per heavy atom. The maximum absolute atomic E-state index is 15.0. The number of nitrogens with zero attached hydrogens (tertiary/aromatic N) is 3. The number of benzene rings is 2. The Morgan fingerprint density at radius 1 is 0.947 bits per heavy atom. The molecule has 0 radical (unpaired) electrons. The van der Waals surface area contributed by atoms with E-state index in [2.05, 4.69) is 9.97 Å². The standard InChI is InChI=1S/C29H21F2N3O4/c1-37-25-15-21-28(34-22(25)16-32)24(8-11-33-21)38-23-7-4-18(12-20(23)31)14-27(36)29(9-10-29)26(35)13-17-2-5-19(30)6-3-17/h2-8,11-12,15H,9-10,13-14H2,1H3. The van der Waals surface area contributed by atoms with Gasteiger partial charge < -0.3 is 9.47 Å². The van der Waals surface area contributed by atoms with Crippen molar-refractivity contribution in [1.29, 1.82) is 5.26 Å². The number of nitriles is 1. The summed E-state index contributed by atoms with van der Waals surface area (Å²) in [5, 5.41) is 9.34. The molecule has 190 valence electrons. The lowest BCUT2D eigenvalue weighted by molar-refractivity contribution is -0.133. The van der Waals surface area contributed by atoms with Crippen molar-refractivity contribution in [2.45, 2.75) is 25.7 Å². The third kappa shape index (κ3) is 4.81. The average molecular weight is 514 g/mol. The Balaban J connectivity index is 1.31. The fourth-order valence-corrected chi connectivity index (χ4v) is 4.35. The molecule has 2 aromatic heterocycles. The smallest absolute Gasteiger partial charge is 0.183 e.